The molecular formula is C16H21NO4. The van der Waals surface area contributed by atoms with E-state index in [1.807, 2.05) is 6.92 Å². The van der Waals surface area contributed by atoms with Gasteiger partial charge in [0, 0.05) is 19.5 Å². The number of hydrogen-bond acceptors (Lipinski definition) is 5. The van der Waals surface area contributed by atoms with Crippen LogP contribution in [0.4, 0.5) is 0 Å². The summed E-state index contributed by atoms with van der Waals surface area (Å²) >= 11 is 0. The summed E-state index contributed by atoms with van der Waals surface area (Å²) in [6.45, 7) is 4.87. The van der Waals surface area contributed by atoms with E-state index in [1.54, 1.807) is 0 Å². The van der Waals surface area contributed by atoms with Gasteiger partial charge in [0.15, 0.2) is 11.5 Å². The number of nitrogens with zero attached hydrogens (tertiary/aromatic N) is 1. The second-order valence-corrected chi connectivity index (χ2v) is 5.54. The third-order valence-electron chi connectivity index (χ3n) is 4.20. The van der Waals surface area contributed by atoms with Crippen LogP contribution < -0.4 is 9.47 Å². The van der Waals surface area contributed by atoms with Crippen LogP contribution in [0.1, 0.15) is 24.5 Å². The van der Waals surface area contributed by atoms with Crippen LogP contribution in [0.5, 0.6) is 11.5 Å². The normalized spacial score (nSPS) is 19.3. The molecule has 2 aliphatic heterocycles. The van der Waals surface area contributed by atoms with E-state index in [1.165, 1.54) is 18.2 Å². The first kappa shape index (κ1) is 14.2. The van der Waals surface area contributed by atoms with Gasteiger partial charge in [0.1, 0.15) is 6.04 Å². The van der Waals surface area contributed by atoms with Gasteiger partial charge in [0.05, 0.1) is 20.3 Å². The zero-order valence-corrected chi connectivity index (χ0v) is 12.6. The van der Waals surface area contributed by atoms with Crippen LogP contribution in [-0.2, 0) is 22.5 Å². The van der Waals surface area contributed by atoms with Gasteiger partial charge < -0.3 is 14.2 Å². The van der Waals surface area contributed by atoms with Crippen molar-refractivity contribution in [2.45, 2.75) is 32.4 Å². The van der Waals surface area contributed by atoms with Crippen molar-refractivity contribution in [3.05, 3.63) is 23.3 Å². The molecule has 1 aromatic rings. The molecule has 1 atom stereocenters. The second kappa shape index (κ2) is 5.93. The molecule has 2 heterocycles. The molecule has 2 aliphatic rings. The molecular weight excluding hydrogens is 270 g/mol. The van der Waals surface area contributed by atoms with Crippen LogP contribution in [-0.4, -0.2) is 43.8 Å². The Morgan fingerprint density at radius 3 is 2.57 bits per heavy atom. The number of carbonyl (C=O) groups excluding carboxylic acids is 1. The minimum Gasteiger partial charge on any atom is -0.490 e. The molecule has 1 aromatic carbocycles. The maximum absolute atomic E-state index is 11.7. The lowest BCUT2D eigenvalue weighted by molar-refractivity contribution is -0.146. The predicted molar refractivity (Wildman–Crippen MR) is 77.6 cm³/mol. The summed E-state index contributed by atoms with van der Waals surface area (Å²) in [4.78, 5) is 13.8. The molecule has 114 valence electrons. The topological polar surface area (TPSA) is 48.0 Å². The molecule has 0 radical (unpaired) electrons. The van der Waals surface area contributed by atoms with Gasteiger partial charge in [-0.2, -0.15) is 0 Å². The lowest BCUT2D eigenvalue weighted by Gasteiger charge is -2.32. The van der Waals surface area contributed by atoms with E-state index in [4.69, 9.17) is 14.2 Å². The van der Waals surface area contributed by atoms with Crippen molar-refractivity contribution in [3.63, 3.8) is 0 Å². The summed E-state index contributed by atoms with van der Waals surface area (Å²) in [5.74, 6) is 1.48. The van der Waals surface area contributed by atoms with Crippen LogP contribution in [0.2, 0.25) is 0 Å². The molecule has 0 aromatic heterocycles. The molecule has 5 nitrogen and oxygen atoms in total. The molecule has 5 heteroatoms. The van der Waals surface area contributed by atoms with Gasteiger partial charge >= 0.3 is 5.97 Å². The van der Waals surface area contributed by atoms with Crippen molar-refractivity contribution in [1.29, 1.82) is 0 Å². The van der Waals surface area contributed by atoms with E-state index in [0.29, 0.717) is 13.2 Å². The SMILES string of the molecule is COC(=O)C(C)N1CCc2cc3c(cc2C1)OCCCO3. The lowest BCUT2D eigenvalue weighted by Crippen LogP contribution is -2.42. The number of esters is 1. The molecule has 0 aliphatic carbocycles. The van der Waals surface area contributed by atoms with Gasteiger partial charge in [-0.25, -0.2) is 0 Å². The number of methoxy groups -OCH3 is 1. The second-order valence-electron chi connectivity index (χ2n) is 5.54. The van der Waals surface area contributed by atoms with Gasteiger partial charge in [-0.1, -0.05) is 0 Å². The van der Waals surface area contributed by atoms with E-state index in [-0.39, 0.29) is 12.0 Å². The number of benzene rings is 1. The highest BCUT2D eigenvalue weighted by atomic mass is 16.5. The van der Waals surface area contributed by atoms with Crippen LogP contribution in [0.15, 0.2) is 12.1 Å². The zero-order chi connectivity index (χ0) is 14.8. The third kappa shape index (κ3) is 2.83. The van der Waals surface area contributed by atoms with E-state index in [0.717, 1.165) is 37.4 Å². The highest BCUT2D eigenvalue weighted by Crippen LogP contribution is 2.35. The smallest absolute Gasteiger partial charge is 0.322 e. The van der Waals surface area contributed by atoms with E-state index in [2.05, 4.69) is 17.0 Å². The van der Waals surface area contributed by atoms with Crippen molar-refractivity contribution in [2.75, 3.05) is 26.9 Å². The first-order valence-corrected chi connectivity index (χ1v) is 7.42. The van der Waals surface area contributed by atoms with Crippen molar-refractivity contribution >= 4 is 5.97 Å². The van der Waals surface area contributed by atoms with Crippen LogP contribution >= 0.6 is 0 Å². The molecule has 0 saturated carbocycles. The molecule has 0 spiro atoms. The number of fused-ring (bicyclic) bond motifs is 2. The number of rotatable bonds is 2. The first-order valence-electron chi connectivity index (χ1n) is 7.42. The fraction of sp³-hybridized carbons (Fsp3) is 0.562. The molecule has 1 unspecified atom stereocenters. The van der Waals surface area contributed by atoms with Gasteiger partial charge in [0.2, 0.25) is 0 Å². The summed E-state index contributed by atoms with van der Waals surface area (Å²) in [5.41, 5.74) is 2.49. The Balaban J connectivity index is 1.82. The standard InChI is InChI=1S/C16H21NO4/c1-11(16(18)19-2)17-5-4-12-8-14-15(9-13(12)10-17)21-7-3-6-20-14/h8-9,11H,3-7,10H2,1-2H3. The van der Waals surface area contributed by atoms with Gasteiger partial charge in [-0.15, -0.1) is 0 Å². The summed E-state index contributed by atoms with van der Waals surface area (Å²) in [6.07, 6.45) is 1.82. The fourth-order valence-electron chi connectivity index (χ4n) is 2.88. The summed E-state index contributed by atoms with van der Waals surface area (Å²) in [6, 6.07) is 3.93. The molecule has 0 bridgehead atoms. The summed E-state index contributed by atoms with van der Waals surface area (Å²) in [5, 5.41) is 0. The maximum Gasteiger partial charge on any atom is 0.322 e. The lowest BCUT2D eigenvalue weighted by atomic mass is 9.97. The van der Waals surface area contributed by atoms with Crippen LogP contribution in [0.25, 0.3) is 0 Å². The van der Waals surface area contributed by atoms with Crippen LogP contribution in [0, 0.1) is 0 Å². The molecule has 0 fully saturated rings. The number of ether oxygens (including phenoxy) is 3. The largest absolute Gasteiger partial charge is 0.490 e. The Morgan fingerprint density at radius 2 is 1.90 bits per heavy atom. The van der Waals surface area contributed by atoms with Crippen molar-refractivity contribution in [2.24, 2.45) is 0 Å². The minimum absolute atomic E-state index is 0.187. The maximum atomic E-state index is 11.7. The molecule has 0 saturated heterocycles. The van der Waals surface area contributed by atoms with Gasteiger partial charge in [-0.05, 0) is 36.6 Å². The summed E-state index contributed by atoms with van der Waals surface area (Å²) < 4.78 is 16.3. The van der Waals surface area contributed by atoms with Gasteiger partial charge in [-0.3, -0.25) is 9.69 Å². The average Bonchev–Trinajstić information content (AvgIpc) is 2.75. The van der Waals surface area contributed by atoms with Crippen molar-refractivity contribution in [1.82, 2.24) is 4.90 Å². The molecule has 3 rings (SSSR count). The van der Waals surface area contributed by atoms with Crippen LogP contribution in [0.3, 0.4) is 0 Å². The number of carbonyl (C=O) groups is 1. The average molecular weight is 291 g/mol. The molecule has 0 N–H and O–H groups in total. The van der Waals surface area contributed by atoms with Crippen molar-refractivity contribution in [3.8, 4) is 11.5 Å². The summed E-state index contributed by atoms with van der Waals surface area (Å²) in [7, 11) is 1.43. The quantitative estimate of drug-likeness (QED) is 0.777. The predicted octanol–water partition coefficient (Wildman–Crippen LogP) is 1.77. The Morgan fingerprint density at radius 1 is 1.24 bits per heavy atom. The fourth-order valence-corrected chi connectivity index (χ4v) is 2.88. The molecule has 21 heavy (non-hydrogen) atoms. The molecule has 0 amide bonds. The van der Waals surface area contributed by atoms with Gasteiger partial charge in [0.25, 0.3) is 0 Å². The third-order valence-corrected chi connectivity index (χ3v) is 4.20. The highest BCUT2D eigenvalue weighted by Gasteiger charge is 2.27. The monoisotopic (exact) mass is 291 g/mol. The zero-order valence-electron chi connectivity index (χ0n) is 12.6. The Labute approximate surface area is 124 Å². The first-order chi connectivity index (χ1) is 10.2. The highest BCUT2D eigenvalue weighted by molar-refractivity contribution is 5.75. The number of hydrogen-bond donors (Lipinski definition) is 0. The van der Waals surface area contributed by atoms with E-state index >= 15 is 0 Å². The minimum atomic E-state index is -0.223. The van der Waals surface area contributed by atoms with Crippen molar-refractivity contribution < 1.29 is 19.0 Å². The Bertz CT molecular complexity index is 543. The Hall–Kier alpha value is -1.75. The van der Waals surface area contributed by atoms with E-state index < -0.39 is 0 Å². The Kier molecular flexibility index (Phi) is 4.01. The van der Waals surface area contributed by atoms with E-state index in [9.17, 15) is 4.79 Å².